The predicted octanol–water partition coefficient (Wildman–Crippen LogP) is 2.85. The van der Waals surface area contributed by atoms with Crippen LogP contribution in [0, 0.1) is 0 Å². The first kappa shape index (κ1) is 14.5. The Hall–Kier alpha value is -1.88. The molecule has 1 aromatic heterocycles. The van der Waals surface area contributed by atoms with Gasteiger partial charge in [0, 0.05) is 6.04 Å². The molecule has 0 spiro atoms. The van der Waals surface area contributed by atoms with Gasteiger partial charge in [-0.25, -0.2) is 0 Å². The van der Waals surface area contributed by atoms with Crippen LogP contribution in [0.25, 0.3) is 11.4 Å². The molecular weight excluding hydrogens is 254 g/mol. The van der Waals surface area contributed by atoms with Crippen LogP contribution in [0.4, 0.5) is 0 Å². The number of hydrogen-bond donors (Lipinski definition) is 1. The Morgan fingerprint density at radius 3 is 2.75 bits per heavy atom. The Balaban J connectivity index is 2.33. The van der Waals surface area contributed by atoms with E-state index in [0.29, 0.717) is 11.7 Å². The summed E-state index contributed by atoms with van der Waals surface area (Å²) >= 11 is 0. The zero-order valence-corrected chi connectivity index (χ0v) is 12.4. The molecule has 1 N–H and O–H groups in total. The number of likely N-dealkylation sites (N-methyl/N-ethyl adjacent to an activating group) is 1. The van der Waals surface area contributed by atoms with Crippen LogP contribution in [0.5, 0.6) is 5.75 Å². The summed E-state index contributed by atoms with van der Waals surface area (Å²) in [5.74, 6) is 2.18. The highest BCUT2D eigenvalue weighted by molar-refractivity contribution is 5.63. The second-order valence-electron chi connectivity index (χ2n) is 4.75. The normalized spacial score (nSPS) is 14.0. The van der Waals surface area contributed by atoms with Crippen molar-refractivity contribution in [3.05, 3.63) is 30.2 Å². The van der Waals surface area contributed by atoms with Crippen LogP contribution in [0.3, 0.4) is 0 Å². The second kappa shape index (κ2) is 6.52. The minimum absolute atomic E-state index is 0.205. The summed E-state index contributed by atoms with van der Waals surface area (Å²) in [7, 11) is 3.57. The molecule has 5 heteroatoms. The largest absolute Gasteiger partial charge is 0.496 e. The molecule has 0 radical (unpaired) electrons. The molecule has 1 aromatic carbocycles. The molecule has 2 atom stereocenters. The summed E-state index contributed by atoms with van der Waals surface area (Å²) in [5, 5.41) is 7.32. The van der Waals surface area contributed by atoms with E-state index in [4.69, 9.17) is 9.26 Å². The Morgan fingerprint density at radius 1 is 1.35 bits per heavy atom. The molecule has 0 bridgehead atoms. The quantitative estimate of drug-likeness (QED) is 0.878. The molecule has 20 heavy (non-hydrogen) atoms. The summed E-state index contributed by atoms with van der Waals surface area (Å²) in [6.45, 7) is 4.23. The fourth-order valence-electron chi connectivity index (χ4n) is 2.27. The number of ether oxygens (including phenoxy) is 1. The van der Waals surface area contributed by atoms with Crippen molar-refractivity contribution in [1.29, 1.82) is 0 Å². The number of para-hydroxylation sites is 1. The summed E-state index contributed by atoms with van der Waals surface area (Å²) in [5.41, 5.74) is 0.844. The lowest BCUT2D eigenvalue weighted by molar-refractivity contribution is 0.322. The van der Waals surface area contributed by atoms with Gasteiger partial charge in [0.2, 0.25) is 11.7 Å². The lowest BCUT2D eigenvalue weighted by Gasteiger charge is -2.17. The van der Waals surface area contributed by atoms with Crippen LogP contribution in [-0.2, 0) is 0 Å². The smallest absolute Gasteiger partial charge is 0.231 e. The zero-order chi connectivity index (χ0) is 14.5. The number of aromatic nitrogens is 2. The van der Waals surface area contributed by atoms with Crippen molar-refractivity contribution in [2.24, 2.45) is 0 Å². The summed E-state index contributed by atoms with van der Waals surface area (Å²) in [4.78, 5) is 4.53. The summed E-state index contributed by atoms with van der Waals surface area (Å²) in [6, 6.07) is 7.95. The Kier molecular flexibility index (Phi) is 4.74. The van der Waals surface area contributed by atoms with Crippen molar-refractivity contribution in [1.82, 2.24) is 15.5 Å². The van der Waals surface area contributed by atoms with Gasteiger partial charge in [-0.2, -0.15) is 4.98 Å². The maximum absolute atomic E-state index is 5.44. The molecule has 5 nitrogen and oxygen atoms in total. The SMILES string of the molecule is CCC(c1nc(-c2ccccc2OC)no1)C(C)NC. The van der Waals surface area contributed by atoms with Crippen LogP contribution in [0.15, 0.2) is 28.8 Å². The molecule has 0 aliphatic rings. The third-order valence-corrected chi connectivity index (χ3v) is 3.61. The number of methoxy groups -OCH3 is 1. The lowest BCUT2D eigenvalue weighted by Crippen LogP contribution is -2.28. The predicted molar refractivity (Wildman–Crippen MR) is 77.8 cm³/mol. The number of hydrogen-bond acceptors (Lipinski definition) is 5. The molecular formula is C15H21N3O2. The maximum atomic E-state index is 5.44. The molecule has 0 saturated heterocycles. The highest BCUT2D eigenvalue weighted by Crippen LogP contribution is 2.29. The first-order valence-electron chi connectivity index (χ1n) is 6.85. The van der Waals surface area contributed by atoms with Crippen LogP contribution in [0.1, 0.15) is 32.1 Å². The van der Waals surface area contributed by atoms with Gasteiger partial charge in [0.1, 0.15) is 5.75 Å². The fraction of sp³-hybridized carbons (Fsp3) is 0.467. The first-order valence-corrected chi connectivity index (χ1v) is 6.85. The van der Waals surface area contributed by atoms with Gasteiger partial charge in [0.25, 0.3) is 0 Å². The lowest BCUT2D eigenvalue weighted by atomic mass is 9.98. The highest BCUT2D eigenvalue weighted by atomic mass is 16.5. The Morgan fingerprint density at radius 2 is 2.10 bits per heavy atom. The van der Waals surface area contributed by atoms with Crippen molar-refractivity contribution in [3.63, 3.8) is 0 Å². The molecule has 2 aromatic rings. The molecule has 108 valence electrons. The third kappa shape index (κ3) is 2.82. The first-order chi connectivity index (χ1) is 9.71. The molecule has 0 amide bonds. The average molecular weight is 275 g/mol. The third-order valence-electron chi connectivity index (χ3n) is 3.61. The van der Waals surface area contributed by atoms with Gasteiger partial charge < -0.3 is 14.6 Å². The van der Waals surface area contributed by atoms with E-state index in [1.54, 1.807) is 7.11 Å². The van der Waals surface area contributed by atoms with Crippen molar-refractivity contribution in [2.75, 3.05) is 14.2 Å². The summed E-state index contributed by atoms with van der Waals surface area (Å²) in [6.07, 6.45) is 0.940. The van der Waals surface area contributed by atoms with E-state index in [-0.39, 0.29) is 12.0 Å². The van der Waals surface area contributed by atoms with Gasteiger partial charge in [-0.3, -0.25) is 0 Å². The van der Waals surface area contributed by atoms with Crippen LogP contribution in [0.2, 0.25) is 0 Å². The minimum Gasteiger partial charge on any atom is -0.496 e. The molecule has 0 saturated carbocycles. The van der Waals surface area contributed by atoms with Gasteiger partial charge in [-0.05, 0) is 32.5 Å². The van der Waals surface area contributed by atoms with Crippen molar-refractivity contribution in [2.45, 2.75) is 32.2 Å². The van der Waals surface area contributed by atoms with Crippen LogP contribution < -0.4 is 10.1 Å². The van der Waals surface area contributed by atoms with E-state index in [2.05, 4.69) is 29.3 Å². The van der Waals surface area contributed by atoms with Gasteiger partial charge >= 0.3 is 0 Å². The maximum Gasteiger partial charge on any atom is 0.231 e. The second-order valence-corrected chi connectivity index (χ2v) is 4.75. The average Bonchev–Trinajstić information content (AvgIpc) is 2.97. The number of benzene rings is 1. The highest BCUT2D eigenvalue weighted by Gasteiger charge is 2.23. The topological polar surface area (TPSA) is 60.2 Å². The molecule has 1 heterocycles. The number of nitrogens with zero attached hydrogens (tertiary/aromatic N) is 2. The van der Waals surface area contributed by atoms with Gasteiger partial charge in [0.15, 0.2) is 0 Å². The number of rotatable bonds is 6. The van der Waals surface area contributed by atoms with Gasteiger partial charge in [0.05, 0.1) is 18.6 Å². The van der Waals surface area contributed by atoms with E-state index in [1.165, 1.54) is 0 Å². The fourth-order valence-corrected chi connectivity index (χ4v) is 2.27. The molecule has 0 aliphatic carbocycles. The molecule has 0 fully saturated rings. The van der Waals surface area contributed by atoms with Gasteiger partial charge in [-0.1, -0.05) is 24.2 Å². The number of nitrogens with one attached hydrogen (secondary N) is 1. The molecule has 2 unspecified atom stereocenters. The van der Waals surface area contributed by atoms with Crippen molar-refractivity contribution < 1.29 is 9.26 Å². The van der Waals surface area contributed by atoms with Gasteiger partial charge in [-0.15, -0.1) is 0 Å². The van der Waals surface area contributed by atoms with Crippen molar-refractivity contribution >= 4 is 0 Å². The Labute approximate surface area is 119 Å². The van der Waals surface area contributed by atoms with E-state index >= 15 is 0 Å². The summed E-state index contributed by atoms with van der Waals surface area (Å²) < 4.78 is 10.8. The zero-order valence-electron chi connectivity index (χ0n) is 12.4. The van der Waals surface area contributed by atoms with E-state index in [0.717, 1.165) is 17.7 Å². The van der Waals surface area contributed by atoms with E-state index < -0.39 is 0 Å². The minimum atomic E-state index is 0.205. The van der Waals surface area contributed by atoms with Crippen LogP contribution >= 0.6 is 0 Å². The molecule has 0 aliphatic heterocycles. The van der Waals surface area contributed by atoms with Crippen molar-refractivity contribution in [3.8, 4) is 17.1 Å². The van der Waals surface area contributed by atoms with Crippen LogP contribution in [-0.4, -0.2) is 30.3 Å². The molecule has 2 rings (SSSR count). The Bertz CT molecular complexity index is 554. The standard InChI is InChI=1S/C15H21N3O2/c1-5-11(10(2)16-3)15-17-14(18-20-15)12-8-6-7-9-13(12)19-4/h6-11,16H,5H2,1-4H3. The van der Waals surface area contributed by atoms with E-state index in [1.807, 2.05) is 31.3 Å². The monoisotopic (exact) mass is 275 g/mol. The van der Waals surface area contributed by atoms with E-state index in [9.17, 15) is 0 Å².